The Balaban J connectivity index is 2.28. The molecule has 35 heavy (non-hydrogen) atoms. The molecule has 5 radical (unpaired) electrons. The van der Waals surface area contributed by atoms with Gasteiger partial charge in [-0.25, -0.2) is 0 Å². The maximum absolute atomic E-state index is 11.9. The molecule has 0 aromatic heterocycles. The fourth-order valence-electron chi connectivity index (χ4n) is 3.32. The largest absolute Gasteiger partial charge is 0.463 e. The Labute approximate surface area is 209 Å². The molecule has 12 nitrogen and oxygen atoms in total. The summed E-state index contributed by atoms with van der Waals surface area (Å²) in [5, 5.41) is 7.00. The summed E-state index contributed by atoms with van der Waals surface area (Å²) in [6, 6.07) is 0. The highest BCUT2D eigenvalue weighted by Gasteiger charge is 2.52. The van der Waals surface area contributed by atoms with Gasteiger partial charge in [-0.3, -0.25) is 24.6 Å². The molecule has 13 heteroatoms. The molecule has 191 valence electrons. The van der Waals surface area contributed by atoms with Crippen molar-refractivity contribution in [1.29, 1.82) is 0 Å². The van der Waals surface area contributed by atoms with Crippen molar-refractivity contribution < 1.29 is 42.9 Å². The number of carbonyl (C=O) groups excluding carboxylic acids is 4. The molecule has 1 saturated carbocycles. The van der Waals surface area contributed by atoms with Crippen LogP contribution in [0.5, 0.6) is 0 Å². The number of hydrazone groups is 1. The van der Waals surface area contributed by atoms with E-state index in [9.17, 15) is 19.2 Å². The van der Waals surface area contributed by atoms with Gasteiger partial charge in [-0.1, -0.05) is 0 Å². The second-order valence-electron chi connectivity index (χ2n) is 7.58. The van der Waals surface area contributed by atoms with Gasteiger partial charge in [0, 0.05) is 39.3 Å². The minimum Gasteiger partial charge on any atom is -0.463 e. The minimum absolute atomic E-state index is 0.00296. The van der Waals surface area contributed by atoms with Gasteiger partial charge in [0.15, 0.2) is 29.7 Å². The predicted octanol–water partition coefficient (Wildman–Crippen LogP) is 0.315. The molecular formula is C22H28N3O9S. The second kappa shape index (κ2) is 13.3. The monoisotopic (exact) mass is 510 g/mol. The van der Waals surface area contributed by atoms with E-state index in [1.165, 1.54) is 6.92 Å². The molecule has 1 aliphatic carbocycles. The van der Waals surface area contributed by atoms with Gasteiger partial charge in [0.25, 0.3) is 0 Å². The number of nitrogens with zero attached hydrogens (tertiary/aromatic N) is 1. The first-order valence-corrected chi connectivity index (χ1v) is 11.0. The lowest BCUT2D eigenvalue weighted by atomic mass is 9.97. The Kier molecular flexibility index (Phi) is 10.8. The number of carbonyl (C=O) groups is 4. The van der Waals surface area contributed by atoms with Gasteiger partial charge in [-0.05, 0) is 44.8 Å². The second-order valence-corrected chi connectivity index (χ2v) is 7.98. The molecule has 2 rings (SSSR count). The van der Waals surface area contributed by atoms with Crippen LogP contribution in [0.1, 0.15) is 34.6 Å². The number of thiocarbonyl (C=S) groups is 1. The highest BCUT2D eigenvalue weighted by atomic mass is 32.1. The van der Waals surface area contributed by atoms with Gasteiger partial charge in [-0.15, -0.1) is 0 Å². The summed E-state index contributed by atoms with van der Waals surface area (Å²) in [6.07, 6.45) is 1.35. The Hall–Kier alpha value is -2.80. The van der Waals surface area contributed by atoms with E-state index in [0.29, 0.717) is 5.71 Å². The van der Waals surface area contributed by atoms with Crippen molar-refractivity contribution in [3.63, 3.8) is 0 Å². The van der Waals surface area contributed by atoms with Crippen molar-refractivity contribution in [2.45, 2.75) is 65.3 Å². The maximum Gasteiger partial charge on any atom is 0.303 e. The fraction of sp³-hybridized carbons (Fsp3) is 0.500. The first-order valence-electron chi connectivity index (χ1n) is 10.6. The highest BCUT2D eigenvalue weighted by Crippen LogP contribution is 2.28. The van der Waals surface area contributed by atoms with E-state index < -0.39 is 54.5 Å². The van der Waals surface area contributed by atoms with E-state index in [0.717, 1.165) is 26.7 Å². The predicted molar refractivity (Wildman–Crippen MR) is 124 cm³/mol. The minimum atomic E-state index is -1.30. The maximum atomic E-state index is 11.9. The van der Waals surface area contributed by atoms with Crippen LogP contribution in [0.4, 0.5) is 0 Å². The summed E-state index contributed by atoms with van der Waals surface area (Å²) in [7, 11) is 0. The molecule has 1 aliphatic heterocycles. The van der Waals surface area contributed by atoms with Gasteiger partial charge in [0.2, 0.25) is 0 Å². The molecule has 2 fully saturated rings. The highest BCUT2D eigenvalue weighted by molar-refractivity contribution is 7.80. The first kappa shape index (κ1) is 28.4. The number of hydrogen-bond acceptors (Lipinski definition) is 11. The third-order valence-corrected chi connectivity index (χ3v) is 4.88. The Morgan fingerprint density at radius 1 is 0.886 bits per heavy atom. The van der Waals surface area contributed by atoms with Crippen LogP contribution in [0, 0.1) is 31.6 Å². The van der Waals surface area contributed by atoms with Crippen molar-refractivity contribution in [3.05, 3.63) is 31.6 Å². The van der Waals surface area contributed by atoms with Gasteiger partial charge in [-0.2, -0.15) is 5.10 Å². The van der Waals surface area contributed by atoms with Crippen LogP contribution >= 0.6 is 12.2 Å². The first-order chi connectivity index (χ1) is 16.5. The van der Waals surface area contributed by atoms with Gasteiger partial charge in [0.1, 0.15) is 12.7 Å². The van der Waals surface area contributed by atoms with E-state index in [4.69, 9.17) is 35.9 Å². The van der Waals surface area contributed by atoms with E-state index >= 15 is 0 Å². The van der Waals surface area contributed by atoms with Crippen LogP contribution in [-0.4, -0.2) is 72.0 Å². The van der Waals surface area contributed by atoms with Crippen LogP contribution in [0.15, 0.2) is 5.10 Å². The topological polar surface area (TPSA) is 151 Å². The van der Waals surface area contributed by atoms with Crippen molar-refractivity contribution in [1.82, 2.24) is 10.7 Å². The zero-order valence-corrected chi connectivity index (χ0v) is 20.7. The summed E-state index contributed by atoms with van der Waals surface area (Å²) in [6.45, 7) is 6.06. The SMILES string of the molecule is CC(=O)OC[C@H]1O[C@@H](NC(=S)N/N=C(\C)[C]2[CH][CH][CH][CH]2)[C@H](OC(C)=O)[C@@H](OC(C)=O)[C@@H]1OC(C)=O. The van der Waals surface area contributed by atoms with Gasteiger partial charge in [0.05, 0.1) is 0 Å². The van der Waals surface area contributed by atoms with Crippen LogP contribution < -0.4 is 10.7 Å². The number of hydrogen-bond donors (Lipinski definition) is 2. The Morgan fingerprint density at radius 2 is 1.43 bits per heavy atom. The van der Waals surface area contributed by atoms with Gasteiger partial charge >= 0.3 is 23.9 Å². The lowest BCUT2D eigenvalue weighted by Crippen LogP contribution is -2.66. The molecule has 0 unspecified atom stereocenters. The van der Waals surface area contributed by atoms with Gasteiger partial charge < -0.3 is 29.0 Å². The molecule has 0 aromatic carbocycles. The lowest BCUT2D eigenvalue weighted by Gasteiger charge is -2.44. The van der Waals surface area contributed by atoms with Crippen molar-refractivity contribution >= 4 is 46.9 Å². The standard InChI is InChI=1S/C22H28N3O9S/c1-11(16-8-6-7-9-16)24-25-22(35)23-21-20(33-15(5)29)19(32-14(4)28)18(31-13(3)27)17(34-21)10-30-12(2)26/h6-9,17-21H,10H2,1-5H3,(H2,23,25,35)/b24-11+/t17-,18-,19+,20-,21-/m1/s1. The average molecular weight is 511 g/mol. The molecular weight excluding hydrogens is 482 g/mol. The average Bonchev–Trinajstić information content (AvgIpc) is 3.29. The van der Waals surface area contributed by atoms with Crippen molar-refractivity contribution in [2.75, 3.05) is 6.61 Å². The molecule has 0 amide bonds. The molecule has 2 aliphatic rings. The lowest BCUT2D eigenvalue weighted by molar-refractivity contribution is -0.254. The molecule has 0 bridgehead atoms. The summed E-state index contributed by atoms with van der Waals surface area (Å²) < 4.78 is 27.0. The number of ether oxygens (including phenoxy) is 5. The molecule has 2 N–H and O–H groups in total. The van der Waals surface area contributed by atoms with Crippen LogP contribution in [-0.2, 0) is 42.9 Å². The van der Waals surface area contributed by atoms with E-state index in [-0.39, 0.29) is 11.7 Å². The Bertz CT molecular complexity index is 844. The quantitative estimate of drug-likeness (QED) is 0.152. The van der Waals surface area contributed by atoms with Crippen LogP contribution in [0.3, 0.4) is 0 Å². The molecule has 0 aromatic rings. The molecule has 0 spiro atoms. The van der Waals surface area contributed by atoms with E-state index in [2.05, 4.69) is 15.8 Å². The van der Waals surface area contributed by atoms with E-state index in [1.807, 2.05) is 25.7 Å². The fourth-order valence-corrected chi connectivity index (χ4v) is 3.48. The smallest absolute Gasteiger partial charge is 0.303 e. The Morgan fingerprint density at radius 3 is 1.97 bits per heavy atom. The van der Waals surface area contributed by atoms with Crippen molar-refractivity contribution in [2.24, 2.45) is 5.10 Å². The summed E-state index contributed by atoms with van der Waals surface area (Å²) in [5.41, 5.74) is 3.32. The third kappa shape index (κ3) is 9.06. The van der Waals surface area contributed by atoms with Crippen LogP contribution in [0.2, 0.25) is 0 Å². The molecule has 1 saturated heterocycles. The number of nitrogens with one attached hydrogen (secondary N) is 2. The number of rotatable bonds is 8. The zero-order valence-electron chi connectivity index (χ0n) is 19.9. The van der Waals surface area contributed by atoms with E-state index in [1.54, 1.807) is 6.92 Å². The zero-order chi connectivity index (χ0) is 26.1. The normalized spacial score (nSPS) is 26.9. The summed E-state index contributed by atoms with van der Waals surface area (Å²) in [5.74, 6) is -1.89. The molecule has 5 atom stereocenters. The van der Waals surface area contributed by atoms with Crippen molar-refractivity contribution in [3.8, 4) is 0 Å². The third-order valence-electron chi connectivity index (χ3n) is 4.67. The summed E-state index contributed by atoms with van der Waals surface area (Å²) >= 11 is 5.29. The van der Waals surface area contributed by atoms with Crippen LogP contribution in [0.25, 0.3) is 0 Å². The molecule has 1 heterocycles. The summed E-state index contributed by atoms with van der Waals surface area (Å²) in [4.78, 5) is 46.9. The number of esters is 4.